The summed E-state index contributed by atoms with van der Waals surface area (Å²) in [6, 6.07) is 3.92. The molecule has 2 aliphatic heterocycles. The van der Waals surface area contributed by atoms with Crippen molar-refractivity contribution in [2.45, 2.75) is 18.9 Å². The SMILES string of the molecule is CN(C)CCOCCOCCOCCOCCOCCOCCNc1cccc2c1C(=O)N(C1CCC(=O)NC1=O)C2=O. The second-order valence-electron chi connectivity index (χ2n) is 10.1. The smallest absolute Gasteiger partial charge is 0.264 e. The van der Waals surface area contributed by atoms with E-state index in [1.807, 2.05) is 14.1 Å². The topological polar surface area (TPSA) is 154 Å². The van der Waals surface area contributed by atoms with E-state index in [1.54, 1.807) is 18.2 Å². The first-order valence-corrected chi connectivity index (χ1v) is 14.6. The highest BCUT2D eigenvalue weighted by atomic mass is 16.6. The molecule has 0 radical (unpaired) electrons. The first-order chi connectivity index (χ1) is 20.9. The third-order valence-electron chi connectivity index (χ3n) is 6.57. The van der Waals surface area contributed by atoms with Crippen LogP contribution in [0.5, 0.6) is 0 Å². The summed E-state index contributed by atoms with van der Waals surface area (Å²) >= 11 is 0. The minimum atomic E-state index is -1.00. The summed E-state index contributed by atoms with van der Waals surface area (Å²) in [7, 11) is 4.01. The number of nitrogens with zero attached hydrogens (tertiary/aromatic N) is 2. The average Bonchev–Trinajstić information content (AvgIpc) is 3.23. The van der Waals surface area contributed by atoms with Crippen LogP contribution >= 0.6 is 0 Å². The molecule has 2 aliphatic rings. The van der Waals surface area contributed by atoms with Crippen molar-refractivity contribution in [1.82, 2.24) is 15.1 Å². The first kappa shape index (κ1) is 34.5. The van der Waals surface area contributed by atoms with E-state index in [0.717, 1.165) is 11.4 Å². The number of nitrogens with one attached hydrogen (secondary N) is 2. The lowest BCUT2D eigenvalue weighted by Gasteiger charge is -2.27. The van der Waals surface area contributed by atoms with E-state index in [9.17, 15) is 19.2 Å². The van der Waals surface area contributed by atoms with Crippen LogP contribution < -0.4 is 10.6 Å². The minimum absolute atomic E-state index is 0.0729. The molecule has 2 N–H and O–H groups in total. The summed E-state index contributed by atoms with van der Waals surface area (Å²) in [5.74, 6) is -2.14. The number of rotatable bonds is 23. The van der Waals surface area contributed by atoms with Gasteiger partial charge < -0.3 is 38.6 Å². The number of imide groups is 2. The van der Waals surface area contributed by atoms with Gasteiger partial charge in [0.25, 0.3) is 11.8 Å². The normalized spacial score (nSPS) is 16.7. The Bertz CT molecular complexity index is 1050. The summed E-state index contributed by atoms with van der Waals surface area (Å²) in [6.07, 6.45) is 0.184. The number of ether oxygens (including phenoxy) is 6. The van der Waals surface area contributed by atoms with Gasteiger partial charge in [-0.1, -0.05) is 6.07 Å². The Labute approximate surface area is 252 Å². The van der Waals surface area contributed by atoms with Gasteiger partial charge in [-0.25, -0.2) is 0 Å². The molecule has 1 fully saturated rings. The Kier molecular flexibility index (Phi) is 15.5. The molecule has 14 nitrogen and oxygen atoms in total. The third kappa shape index (κ3) is 11.6. The van der Waals surface area contributed by atoms with Crippen molar-refractivity contribution in [2.24, 2.45) is 0 Å². The molecule has 0 aliphatic carbocycles. The molecular weight excluding hydrogens is 564 g/mol. The number of piperidine rings is 1. The number of anilines is 1. The van der Waals surface area contributed by atoms with Gasteiger partial charge in [0.2, 0.25) is 11.8 Å². The monoisotopic (exact) mass is 608 g/mol. The molecule has 14 heteroatoms. The van der Waals surface area contributed by atoms with Crippen LogP contribution in [0.15, 0.2) is 18.2 Å². The number of likely N-dealkylation sites (N-methyl/N-ethyl adjacent to an activating group) is 1. The van der Waals surface area contributed by atoms with Gasteiger partial charge in [-0.05, 0) is 32.6 Å². The van der Waals surface area contributed by atoms with Crippen molar-refractivity contribution < 1.29 is 47.6 Å². The number of carbonyl (C=O) groups excluding carboxylic acids is 4. The summed E-state index contributed by atoms with van der Waals surface area (Å²) in [6.45, 7) is 7.14. The highest BCUT2D eigenvalue weighted by Gasteiger charge is 2.45. The molecule has 1 aromatic carbocycles. The Morgan fingerprint density at radius 2 is 1.30 bits per heavy atom. The maximum absolute atomic E-state index is 13.1. The molecule has 4 amide bonds. The number of benzene rings is 1. The largest absolute Gasteiger partial charge is 0.382 e. The summed E-state index contributed by atoms with van der Waals surface area (Å²) in [4.78, 5) is 52.8. The second kappa shape index (κ2) is 19.3. The Balaban J connectivity index is 1.16. The lowest BCUT2D eigenvalue weighted by Crippen LogP contribution is -2.54. The molecule has 3 rings (SSSR count). The fourth-order valence-electron chi connectivity index (χ4n) is 4.37. The van der Waals surface area contributed by atoms with E-state index in [0.29, 0.717) is 91.5 Å². The van der Waals surface area contributed by atoms with Gasteiger partial charge in [0, 0.05) is 25.2 Å². The van der Waals surface area contributed by atoms with E-state index < -0.39 is 29.7 Å². The second-order valence-corrected chi connectivity index (χ2v) is 10.1. The maximum Gasteiger partial charge on any atom is 0.264 e. The summed E-state index contributed by atoms with van der Waals surface area (Å²) in [5.41, 5.74) is 0.931. The summed E-state index contributed by atoms with van der Waals surface area (Å²) in [5, 5.41) is 5.33. The van der Waals surface area contributed by atoms with Gasteiger partial charge in [-0.2, -0.15) is 0 Å². The van der Waals surface area contributed by atoms with E-state index >= 15 is 0 Å². The predicted molar refractivity (Wildman–Crippen MR) is 155 cm³/mol. The maximum atomic E-state index is 13.1. The molecule has 1 aromatic rings. The number of hydrogen-bond donors (Lipinski definition) is 2. The first-order valence-electron chi connectivity index (χ1n) is 14.6. The number of fused-ring (bicyclic) bond motifs is 1. The minimum Gasteiger partial charge on any atom is -0.382 e. The van der Waals surface area contributed by atoms with Gasteiger partial charge in [-0.15, -0.1) is 0 Å². The molecule has 240 valence electrons. The molecule has 1 atom stereocenters. The highest BCUT2D eigenvalue weighted by Crippen LogP contribution is 2.32. The third-order valence-corrected chi connectivity index (χ3v) is 6.57. The van der Waals surface area contributed by atoms with Gasteiger partial charge in [-0.3, -0.25) is 29.4 Å². The molecule has 1 saturated heterocycles. The highest BCUT2D eigenvalue weighted by molar-refractivity contribution is 6.25. The van der Waals surface area contributed by atoms with Gasteiger partial charge >= 0.3 is 0 Å². The predicted octanol–water partition coefficient (Wildman–Crippen LogP) is 0.161. The van der Waals surface area contributed by atoms with Crippen molar-refractivity contribution in [3.8, 4) is 0 Å². The Morgan fingerprint density at radius 3 is 1.84 bits per heavy atom. The van der Waals surface area contributed by atoms with E-state index in [2.05, 4.69) is 15.5 Å². The van der Waals surface area contributed by atoms with E-state index in [-0.39, 0.29) is 24.0 Å². The van der Waals surface area contributed by atoms with Crippen LogP contribution in [0.1, 0.15) is 33.6 Å². The van der Waals surface area contributed by atoms with Crippen LogP contribution in [-0.2, 0) is 38.0 Å². The fraction of sp³-hybridized carbons (Fsp3) is 0.655. The summed E-state index contributed by atoms with van der Waals surface area (Å²) < 4.78 is 32.9. The van der Waals surface area contributed by atoms with Crippen molar-refractivity contribution in [3.05, 3.63) is 29.3 Å². The molecule has 0 saturated carbocycles. The van der Waals surface area contributed by atoms with Crippen molar-refractivity contribution in [2.75, 3.05) is 112 Å². The van der Waals surface area contributed by atoms with E-state index in [1.165, 1.54) is 0 Å². The quantitative estimate of drug-likeness (QED) is 0.129. The lowest BCUT2D eigenvalue weighted by molar-refractivity contribution is -0.136. The molecule has 0 spiro atoms. The van der Waals surface area contributed by atoms with Crippen LogP contribution in [0.2, 0.25) is 0 Å². The van der Waals surface area contributed by atoms with Crippen LogP contribution in [0.4, 0.5) is 5.69 Å². The number of hydrogen-bond acceptors (Lipinski definition) is 12. The van der Waals surface area contributed by atoms with Crippen LogP contribution in [-0.4, -0.2) is 146 Å². The number of amides is 4. The van der Waals surface area contributed by atoms with Gasteiger partial charge in [0.05, 0.1) is 90.4 Å². The van der Waals surface area contributed by atoms with Gasteiger partial charge in [0.1, 0.15) is 6.04 Å². The molecule has 43 heavy (non-hydrogen) atoms. The van der Waals surface area contributed by atoms with Crippen molar-refractivity contribution in [1.29, 1.82) is 0 Å². The zero-order valence-electron chi connectivity index (χ0n) is 25.1. The zero-order valence-corrected chi connectivity index (χ0v) is 25.1. The molecule has 0 bridgehead atoms. The van der Waals surface area contributed by atoms with Crippen molar-refractivity contribution in [3.63, 3.8) is 0 Å². The molecule has 1 unspecified atom stereocenters. The van der Waals surface area contributed by atoms with E-state index in [4.69, 9.17) is 28.4 Å². The number of carbonyl (C=O) groups is 4. The average molecular weight is 609 g/mol. The van der Waals surface area contributed by atoms with Crippen molar-refractivity contribution >= 4 is 29.3 Å². The molecule has 2 heterocycles. The van der Waals surface area contributed by atoms with Gasteiger partial charge in [0.15, 0.2) is 0 Å². The Morgan fingerprint density at radius 1 is 0.767 bits per heavy atom. The zero-order chi connectivity index (χ0) is 30.9. The van der Waals surface area contributed by atoms with Crippen LogP contribution in [0, 0.1) is 0 Å². The lowest BCUT2D eigenvalue weighted by atomic mass is 10.0. The fourth-order valence-corrected chi connectivity index (χ4v) is 4.37. The Hall–Kier alpha value is -2.98. The van der Waals surface area contributed by atoms with Crippen LogP contribution in [0.25, 0.3) is 0 Å². The standard InChI is InChI=1S/C29H44N4O10/c1-32(2)9-11-39-13-15-41-17-19-43-21-20-42-18-16-40-14-12-38-10-8-30-23-5-3-4-22-26(23)29(37)33(28(22)36)24-6-7-25(34)31-27(24)35/h3-5,24,30H,6-21H2,1-2H3,(H,31,34,35). The molecular formula is C29H44N4O10. The molecule has 0 aromatic heterocycles. The van der Waals surface area contributed by atoms with Crippen LogP contribution in [0.3, 0.4) is 0 Å².